The van der Waals surface area contributed by atoms with Crippen LogP contribution in [0.1, 0.15) is 33.6 Å². The summed E-state index contributed by atoms with van der Waals surface area (Å²) in [6.07, 6.45) is 3.23. The summed E-state index contributed by atoms with van der Waals surface area (Å²) in [5, 5.41) is 3.05. The van der Waals surface area contributed by atoms with Crippen molar-refractivity contribution in [3.63, 3.8) is 0 Å². The number of rotatable bonds is 5. The maximum atomic E-state index is 11.1. The highest BCUT2D eigenvalue weighted by molar-refractivity contribution is 7.90. The SMILES string of the molecule is CNC(CCC(C)(C)C)CS(C)(=O)=O. The molecule has 0 saturated carbocycles. The van der Waals surface area contributed by atoms with Crippen molar-refractivity contribution in [1.82, 2.24) is 5.32 Å². The van der Waals surface area contributed by atoms with Crippen LogP contribution < -0.4 is 5.32 Å². The summed E-state index contributed by atoms with van der Waals surface area (Å²) >= 11 is 0. The molecule has 14 heavy (non-hydrogen) atoms. The van der Waals surface area contributed by atoms with Gasteiger partial charge in [-0.2, -0.15) is 0 Å². The van der Waals surface area contributed by atoms with Crippen molar-refractivity contribution in [2.24, 2.45) is 5.41 Å². The van der Waals surface area contributed by atoms with Crippen molar-refractivity contribution in [3.05, 3.63) is 0 Å². The molecule has 0 radical (unpaired) electrons. The van der Waals surface area contributed by atoms with Crippen LogP contribution in [0.2, 0.25) is 0 Å². The van der Waals surface area contributed by atoms with Crippen LogP contribution in [0.4, 0.5) is 0 Å². The molecule has 0 aliphatic rings. The second-order valence-electron chi connectivity index (χ2n) is 5.18. The van der Waals surface area contributed by atoms with Crippen LogP contribution >= 0.6 is 0 Å². The van der Waals surface area contributed by atoms with Gasteiger partial charge >= 0.3 is 0 Å². The molecule has 0 spiro atoms. The number of nitrogens with one attached hydrogen (secondary N) is 1. The average Bonchev–Trinajstić information content (AvgIpc) is 1.94. The van der Waals surface area contributed by atoms with Crippen molar-refractivity contribution in [2.45, 2.75) is 39.7 Å². The van der Waals surface area contributed by atoms with Gasteiger partial charge < -0.3 is 5.32 Å². The average molecular weight is 221 g/mol. The first-order valence-electron chi connectivity index (χ1n) is 4.99. The van der Waals surface area contributed by atoms with E-state index in [2.05, 4.69) is 26.1 Å². The van der Waals surface area contributed by atoms with E-state index in [1.54, 1.807) is 0 Å². The van der Waals surface area contributed by atoms with Crippen molar-refractivity contribution in [1.29, 1.82) is 0 Å². The molecule has 0 fully saturated rings. The van der Waals surface area contributed by atoms with Crippen molar-refractivity contribution in [2.75, 3.05) is 19.1 Å². The first kappa shape index (κ1) is 13.9. The fourth-order valence-electron chi connectivity index (χ4n) is 1.28. The molecule has 0 heterocycles. The van der Waals surface area contributed by atoms with E-state index in [1.165, 1.54) is 6.26 Å². The molecule has 0 aromatic rings. The Labute approximate surface area is 88.2 Å². The Morgan fingerprint density at radius 3 is 2.07 bits per heavy atom. The minimum absolute atomic E-state index is 0.0872. The van der Waals surface area contributed by atoms with Gasteiger partial charge in [0.1, 0.15) is 9.84 Å². The van der Waals surface area contributed by atoms with Crippen LogP contribution in [0.5, 0.6) is 0 Å². The summed E-state index contributed by atoms with van der Waals surface area (Å²) in [5.74, 6) is 0.236. The molecule has 0 aromatic carbocycles. The van der Waals surface area contributed by atoms with Crippen LogP contribution in [0.15, 0.2) is 0 Å². The molecule has 0 aliphatic heterocycles. The molecule has 0 rings (SSSR count). The molecule has 1 atom stereocenters. The highest BCUT2D eigenvalue weighted by atomic mass is 32.2. The maximum absolute atomic E-state index is 11.1. The Morgan fingerprint density at radius 1 is 1.29 bits per heavy atom. The zero-order valence-electron chi connectivity index (χ0n) is 9.92. The summed E-state index contributed by atoms with van der Waals surface area (Å²) in [4.78, 5) is 0. The third-order valence-electron chi connectivity index (χ3n) is 2.15. The van der Waals surface area contributed by atoms with Crippen molar-refractivity contribution in [3.8, 4) is 0 Å². The quantitative estimate of drug-likeness (QED) is 0.764. The van der Waals surface area contributed by atoms with E-state index in [1.807, 2.05) is 7.05 Å². The smallest absolute Gasteiger partial charge is 0.148 e. The lowest BCUT2D eigenvalue weighted by molar-refractivity contribution is 0.342. The third kappa shape index (κ3) is 8.51. The van der Waals surface area contributed by atoms with Crippen LogP contribution in [0.25, 0.3) is 0 Å². The van der Waals surface area contributed by atoms with Crippen LogP contribution in [-0.2, 0) is 9.84 Å². The lowest BCUT2D eigenvalue weighted by Gasteiger charge is -2.22. The molecule has 0 saturated heterocycles. The highest BCUT2D eigenvalue weighted by Crippen LogP contribution is 2.21. The monoisotopic (exact) mass is 221 g/mol. The van der Waals surface area contributed by atoms with Gasteiger partial charge in [-0.3, -0.25) is 0 Å². The first-order chi connectivity index (χ1) is 6.14. The minimum atomic E-state index is -2.87. The summed E-state index contributed by atoms with van der Waals surface area (Å²) in [5.41, 5.74) is 0.270. The summed E-state index contributed by atoms with van der Waals surface area (Å²) in [6.45, 7) is 6.50. The number of hydrogen-bond acceptors (Lipinski definition) is 3. The Hall–Kier alpha value is -0.0900. The zero-order valence-corrected chi connectivity index (χ0v) is 10.7. The van der Waals surface area contributed by atoms with Gasteiger partial charge in [-0.1, -0.05) is 20.8 Å². The topological polar surface area (TPSA) is 46.2 Å². The van der Waals surface area contributed by atoms with Gasteiger partial charge in [0.25, 0.3) is 0 Å². The van der Waals surface area contributed by atoms with E-state index in [0.29, 0.717) is 0 Å². The Balaban J connectivity index is 4.06. The summed E-state index contributed by atoms with van der Waals surface area (Å²) in [7, 11) is -1.05. The van der Waals surface area contributed by atoms with Gasteiger partial charge in [0.15, 0.2) is 0 Å². The first-order valence-corrected chi connectivity index (χ1v) is 7.05. The molecule has 86 valence electrons. The summed E-state index contributed by atoms with van der Waals surface area (Å²) in [6, 6.07) is 0.0872. The van der Waals surface area contributed by atoms with E-state index >= 15 is 0 Å². The second kappa shape index (κ2) is 5.12. The van der Waals surface area contributed by atoms with Gasteiger partial charge in [-0.05, 0) is 25.3 Å². The standard InChI is InChI=1S/C10H23NO2S/c1-10(2,3)7-6-9(11-4)8-14(5,12)13/h9,11H,6-8H2,1-5H3. The molecular weight excluding hydrogens is 198 g/mol. The zero-order chi connectivity index (χ0) is 11.4. The highest BCUT2D eigenvalue weighted by Gasteiger charge is 2.17. The largest absolute Gasteiger partial charge is 0.316 e. The number of sulfone groups is 1. The van der Waals surface area contributed by atoms with Gasteiger partial charge in [-0.25, -0.2) is 8.42 Å². The second-order valence-corrected chi connectivity index (χ2v) is 7.36. The van der Waals surface area contributed by atoms with Crippen LogP contribution in [0, 0.1) is 5.41 Å². The molecular formula is C10H23NO2S. The fraction of sp³-hybridized carbons (Fsp3) is 1.00. The van der Waals surface area contributed by atoms with Crippen molar-refractivity contribution >= 4 is 9.84 Å². The predicted molar refractivity (Wildman–Crippen MR) is 61.2 cm³/mol. The third-order valence-corrected chi connectivity index (χ3v) is 3.16. The van der Waals surface area contributed by atoms with Crippen LogP contribution in [0.3, 0.4) is 0 Å². The lowest BCUT2D eigenvalue weighted by atomic mass is 9.89. The molecule has 0 bridgehead atoms. The molecule has 3 nitrogen and oxygen atoms in total. The van der Waals surface area contributed by atoms with E-state index in [0.717, 1.165) is 12.8 Å². The molecule has 1 unspecified atom stereocenters. The van der Waals surface area contributed by atoms with E-state index in [4.69, 9.17) is 0 Å². The van der Waals surface area contributed by atoms with E-state index < -0.39 is 9.84 Å². The van der Waals surface area contributed by atoms with Gasteiger partial charge in [0.2, 0.25) is 0 Å². The predicted octanol–water partition coefficient (Wildman–Crippen LogP) is 1.45. The van der Waals surface area contributed by atoms with Crippen molar-refractivity contribution < 1.29 is 8.42 Å². The molecule has 0 aliphatic carbocycles. The van der Waals surface area contributed by atoms with E-state index in [-0.39, 0.29) is 17.2 Å². The molecule has 4 heteroatoms. The Bertz CT molecular complexity index is 252. The number of hydrogen-bond donors (Lipinski definition) is 1. The molecule has 0 amide bonds. The maximum Gasteiger partial charge on any atom is 0.148 e. The normalized spacial score (nSPS) is 15.5. The van der Waals surface area contributed by atoms with Gasteiger partial charge in [-0.15, -0.1) is 0 Å². The fourth-order valence-corrected chi connectivity index (χ4v) is 2.35. The minimum Gasteiger partial charge on any atom is -0.316 e. The summed E-state index contributed by atoms with van der Waals surface area (Å²) < 4.78 is 22.2. The molecule has 0 aromatic heterocycles. The molecule has 1 N–H and O–H groups in total. The van der Waals surface area contributed by atoms with Crippen LogP contribution in [-0.4, -0.2) is 33.5 Å². The lowest BCUT2D eigenvalue weighted by Crippen LogP contribution is -2.33. The van der Waals surface area contributed by atoms with Gasteiger partial charge in [0.05, 0.1) is 5.75 Å². The van der Waals surface area contributed by atoms with Gasteiger partial charge in [0, 0.05) is 12.3 Å². The van der Waals surface area contributed by atoms with E-state index in [9.17, 15) is 8.42 Å². The Kier molecular flexibility index (Phi) is 5.09. The Morgan fingerprint density at radius 2 is 1.79 bits per heavy atom.